The maximum Gasteiger partial charge on any atom is 0.224 e. The van der Waals surface area contributed by atoms with Crippen molar-refractivity contribution in [2.45, 2.75) is 18.9 Å². The zero-order chi connectivity index (χ0) is 23.8. The SMILES string of the molecule is COc1ccc(OCCN2CCC(C(=O)NC(c3ccc(F)cc3)c3cnccn3)CC2)cc1. The van der Waals surface area contributed by atoms with Crippen molar-refractivity contribution in [3.63, 3.8) is 0 Å². The van der Waals surface area contributed by atoms with E-state index < -0.39 is 6.04 Å². The van der Waals surface area contributed by atoms with Crippen LogP contribution in [0.4, 0.5) is 4.39 Å². The zero-order valence-corrected chi connectivity index (χ0v) is 19.2. The number of aromatic nitrogens is 2. The number of amides is 1. The predicted molar refractivity (Wildman–Crippen MR) is 126 cm³/mol. The number of carbonyl (C=O) groups excluding carboxylic acids is 1. The van der Waals surface area contributed by atoms with Gasteiger partial charge < -0.3 is 14.8 Å². The molecule has 2 aromatic carbocycles. The molecule has 1 aromatic heterocycles. The number of likely N-dealkylation sites (tertiary alicyclic amines) is 1. The Labute approximate surface area is 198 Å². The van der Waals surface area contributed by atoms with Crippen molar-refractivity contribution in [1.29, 1.82) is 0 Å². The molecule has 7 nitrogen and oxygen atoms in total. The lowest BCUT2D eigenvalue weighted by Gasteiger charge is -2.32. The summed E-state index contributed by atoms with van der Waals surface area (Å²) in [5.41, 5.74) is 1.39. The Bertz CT molecular complexity index is 1040. The molecule has 4 rings (SSSR count). The Kier molecular flexibility index (Phi) is 8.04. The van der Waals surface area contributed by atoms with Crippen LogP contribution in [0.25, 0.3) is 0 Å². The van der Waals surface area contributed by atoms with Crippen molar-refractivity contribution in [3.05, 3.63) is 84.2 Å². The van der Waals surface area contributed by atoms with Gasteiger partial charge in [0.2, 0.25) is 5.91 Å². The van der Waals surface area contributed by atoms with E-state index in [1.54, 1.807) is 37.8 Å². The lowest BCUT2D eigenvalue weighted by molar-refractivity contribution is -0.127. The fraction of sp³-hybridized carbons (Fsp3) is 0.346. The summed E-state index contributed by atoms with van der Waals surface area (Å²) in [6.07, 6.45) is 6.33. The van der Waals surface area contributed by atoms with Gasteiger partial charge in [0.15, 0.2) is 0 Å². The van der Waals surface area contributed by atoms with Crippen molar-refractivity contribution in [3.8, 4) is 11.5 Å². The molecule has 1 aliphatic rings. The average Bonchev–Trinajstić information content (AvgIpc) is 2.89. The van der Waals surface area contributed by atoms with Crippen LogP contribution in [0, 0.1) is 11.7 Å². The summed E-state index contributed by atoms with van der Waals surface area (Å²) in [4.78, 5) is 23.9. The number of nitrogens with zero attached hydrogens (tertiary/aromatic N) is 3. The van der Waals surface area contributed by atoms with Crippen molar-refractivity contribution in [2.75, 3.05) is 33.4 Å². The van der Waals surface area contributed by atoms with E-state index in [2.05, 4.69) is 20.2 Å². The van der Waals surface area contributed by atoms with Crippen LogP contribution in [0.5, 0.6) is 11.5 Å². The number of halogens is 1. The number of ether oxygens (including phenoxy) is 2. The summed E-state index contributed by atoms with van der Waals surface area (Å²) in [6, 6.07) is 13.2. The molecule has 0 spiro atoms. The lowest BCUT2D eigenvalue weighted by Crippen LogP contribution is -2.43. The number of benzene rings is 2. The normalized spacial score (nSPS) is 15.5. The van der Waals surface area contributed by atoms with Crippen molar-refractivity contribution in [1.82, 2.24) is 20.2 Å². The van der Waals surface area contributed by atoms with Gasteiger partial charge in [-0.25, -0.2) is 4.39 Å². The van der Waals surface area contributed by atoms with Crippen LogP contribution >= 0.6 is 0 Å². The quantitative estimate of drug-likeness (QED) is 0.521. The highest BCUT2D eigenvalue weighted by atomic mass is 19.1. The standard InChI is InChI=1S/C26H29FN4O3/c1-33-22-6-8-23(9-7-22)34-17-16-31-14-10-20(11-15-31)26(32)30-25(24-18-28-12-13-29-24)19-2-4-21(27)5-3-19/h2-9,12-13,18,20,25H,10-11,14-17H2,1H3,(H,30,32). The second-order valence-electron chi connectivity index (χ2n) is 8.26. The summed E-state index contributed by atoms with van der Waals surface area (Å²) in [5, 5.41) is 3.11. The Hall–Kier alpha value is -3.52. The van der Waals surface area contributed by atoms with E-state index in [4.69, 9.17) is 9.47 Å². The Balaban J connectivity index is 1.28. The van der Waals surface area contributed by atoms with Gasteiger partial charge >= 0.3 is 0 Å². The largest absolute Gasteiger partial charge is 0.497 e. The molecule has 1 N–H and O–H groups in total. The molecule has 8 heteroatoms. The number of nitrogens with one attached hydrogen (secondary N) is 1. The molecule has 34 heavy (non-hydrogen) atoms. The van der Waals surface area contributed by atoms with Gasteiger partial charge in [-0.1, -0.05) is 12.1 Å². The third-order valence-electron chi connectivity index (χ3n) is 6.06. The minimum absolute atomic E-state index is 0.0193. The highest BCUT2D eigenvalue weighted by Crippen LogP contribution is 2.24. The van der Waals surface area contributed by atoms with Gasteiger partial charge in [0.05, 0.1) is 25.0 Å². The molecule has 0 aliphatic carbocycles. The number of hydrogen-bond acceptors (Lipinski definition) is 6. The van der Waals surface area contributed by atoms with E-state index >= 15 is 0 Å². The monoisotopic (exact) mass is 464 g/mol. The maximum absolute atomic E-state index is 13.4. The first kappa shape index (κ1) is 23.6. The van der Waals surface area contributed by atoms with Gasteiger partial charge in [0.25, 0.3) is 0 Å². The highest BCUT2D eigenvalue weighted by Gasteiger charge is 2.28. The molecule has 1 saturated heterocycles. The van der Waals surface area contributed by atoms with Gasteiger partial charge in [-0.2, -0.15) is 0 Å². The van der Waals surface area contributed by atoms with Crippen molar-refractivity contribution >= 4 is 5.91 Å². The predicted octanol–water partition coefficient (Wildman–Crippen LogP) is 3.62. The molecular weight excluding hydrogens is 435 g/mol. The molecule has 178 valence electrons. The van der Waals surface area contributed by atoms with E-state index in [-0.39, 0.29) is 17.6 Å². The van der Waals surface area contributed by atoms with E-state index in [9.17, 15) is 9.18 Å². The van der Waals surface area contributed by atoms with Crippen LogP contribution in [0.15, 0.2) is 67.1 Å². The van der Waals surface area contributed by atoms with Crippen molar-refractivity contribution in [2.24, 2.45) is 5.92 Å². The van der Waals surface area contributed by atoms with Crippen LogP contribution in [0.3, 0.4) is 0 Å². The summed E-state index contributed by atoms with van der Waals surface area (Å²) in [6.45, 7) is 3.05. The molecule has 0 radical (unpaired) electrons. The average molecular weight is 465 g/mol. The Morgan fingerprint density at radius 1 is 1.09 bits per heavy atom. The second-order valence-corrected chi connectivity index (χ2v) is 8.26. The summed E-state index contributed by atoms with van der Waals surface area (Å²) in [7, 11) is 1.64. The number of methoxy groups -OCH3 is 1. The first-order valence-corrected chi connectivity index (χ1v) is 11.4. The molecule has 1 unspecified atom stereocenters. The summed E-state index contributed by atoms with van der Waals surface area (Å²) >= 11 is 0. The van der Waals surface area contributed by atoms with Gasteiger partial charge in [0.1, 0.15) is 23.9 Å². The number of carbonyl (C=O) groups is 1. The maximum atomic E-state index is 13.4. The summed E-state index contributed by atoms with van der Waals surface area (Å²) in [5.74, 6) is 1.18. The van der Waals surface area contributed by atoms with Gasteiger partial charge in [-0.15, -0.1) is 0 Å². The summed E-state index contributed by atoms with van der Waals surface area (Å²) < 4.78 is 24.4. The molecule has 1 aliphatic heterocycles. The third kappa shape index (κ3) is 6.29. The van der Waals surface area contributed by atoms with Crippen LogP contribution in [0.1, 0.15) is 30.1 Å². The lowest BCUT2D eigenvalue weighted by atomic mass is 9.94. The van der Waals surface area contributed by atoms with Crippen LogP contribution in [0.2, 0.25) is 0 Å². The topological polar surface area (TPSA) is 76.6 Å². The molecule has 1 amide bonds. The molecular formula is C26H29FN4O3. The third-order valence-corrected chi connectivity index (χ3v) is 6.06. The highest BCUT2D eigenvalue weighted by molar-refractivity contribution is 5.79. The van der Waals surface area contributed by atoms with Crippen LogP contribution in [-0.2, 0) is 4.79 Å². The molecule has 3 aromatic rings. The number of rotatable bonds is 9. The number of hydrogen-bond donors (Lipinski definition) is 1. The second kappa shape index (κ2) is 11.6. The van der Waals surface area contributed by atoms with Gasteiger partial charge in [0, 0.05) is 24.9 Å². The first-order chi connectivity index (χ1) is 16.6. The van der Waals surface area contributed by atoms with Crippen LogP contribution in [-0.4, -0.2) is 54.1 Å². The van der Waals surface area contributed by atoms with E-state index in [0.29, 0.717) is 12.3 Å². The van der Waals surface area contributed by atoms with Gasteiger partial charge in [-0.05, 0) is 67.9 Å². The smallest absolute Gasteiger partial charge is 0.224 e. The Morgan fingerprint density at radius 2 is 1.79 bits per heavy atom. The minimum Gasteiger partial charge on any atom is -0.497 e. The fourth-order valence-electron chi connectivity index (χ4n) is 4.09. The first-order valence-electron chi connectivity index (χ1n) is 11.4. The molecule has 0 bridgehead atoms. The van der Waals surface area contributed by atoms with Gasteiger partial charge in [-0.3, -0.25) is 19.7 Å². The molecule has 2 heterocycles. The van der Waals surface area contributed by atoms with Crippen molar-refractivity contribution < 1.29 is 18.7 Å². The minimum atomic E-state index is -0.474. The molecule has 1 atom stereocenters. The van der Waals surface area contributed by atoms with E-state index in [1.807, 2.05) is 24.3 Å². The van der Waals surface area contributed by atoms with E-state index in [0.717, 1.165) is 49.5 Å². The number of piperidine rings is 1. The molecule has 1 fully saturated rings. The zero-order valence-electron chi connectivity index (χ0n) is 19.2. The molecule has 0 saturated carbocycles. The van der Waals surface area contributed by atoms with E-state index in [1.165, 1.54) is 12.1 Å². The Morgan fingerprint density at radius 3 is 2.44 bits per heavy atom. The van der Waals surface area contributed by atoms with Crippen LogP contribution < -0.4 is 14.8 Å². The fourth-order valence-corrected chi connectivity index (χ4v) is 4.09.